The van der Waals surface area contributed by atoms with Gasteiger partial charge < -0.3 is 9.97 Å². The first-order chi connectivity index (χ1) is 20.6. The van der Waals surface area contributed by atoms with Crippen LogP contribution < -0.4 is 0 Å². The minimum atomic E-state index is -0.737. The van der Waals surface area contributed by atoms with E-state index in [1.54, 1.807) is 0 Å². The van der Waals surface area contributed by atoms with E-state index in [2.05, 4.69) is 98.3 Å². The highest BCUT2D eigenvalue weighted by atomic mass is 16.1. The summed E-state index contributed by atoms with van der Waals surface area (Å²) in [6.07, 6.45) is 4.23. The molecule has 5 heterocycles. The fraction of sp³-hybridized carbons (Fsp3) is 0.184. The van der Waals surface area contributed by atoms with E-state index < -0.39 is 5.41 Å². The molecule has 5 heteroatoms. The van der Waals surface area contributed by atoms with Gasteiger partial charge >= 0.3 is 0 Å². The molecule has 5 nitrogen and oxygen atoms in total. The molecule has 0 saturated heterocycles. The van der Waals surface area contributed by atoms with E-state index in [1.807, 2.05) is 38.1 Å². The molecular formula is C38H34N4O. The van der Waals surface area contributed by atoms with Crippen molar-refractivity contribution in [3.8, 4) is 22.3 Å². The van der Waals surface area contributed by atoms with Crippen LogP contribution in [0.4, 0.5) is 0 Å². The molecule has 2 aliphatic rings. The Kier molecular flexibility index (Phi) is 6.10. The van der Waals surface area contributed by atoms with E-state index in [0.717, 1.165) is 61.4 Å². The van der Waals surface area contributed by atoms with Crippen molar-refractivity contribution in [1.29, 1.82) is 0 Å². The predicted octanol–water partition coefficient (Wildman–Crippen LogP) is 9.21. The van der Waals surface area contributed by atoms with Crippen molar-refractivity contribution in [3.05, 3.63) is 118 Å². The molecule has 2 N–H and O–H groups in total. The summed E-state index contributed by atoms with van der Waals surface area (Å²) in [5.74, 6) is 0.00857. The van der Waals surface area contributed by atoms with Crippen molar-refractivity contribution in [3.63, 3.8) is 0 Å². The lowest BCUT2D eigenvalue weighted by atomic mass is 9.85. The van der Waals surface area contributed by atoms with Crippen LogP contribution in [0, 0.1) is 27.7 Å². The Morgan fingerprint density at radius 2 is 1.19 bits per heavy atom. The number of aromatic nitrogens is 4. The van der Waals surface area contributed by atoms with Gasteiger partial charge in [-0.25, -0.2) is 9.97 Å². The summed E-state index contributed by atoms with van der Waals surface area (Å²) in [7, 11) is 0. The van der Waals surface area contributed by atoms with Gasteiger partial charge in [0.25, 0.3) is 0 Å². The fourth-order valence-corrected chi connectivity index (χ4v) is 6.42. The Bertz CT molecular complexity index is 2130. The zero-order valence-electron chi connectivity index (χ0n) is 25.4. The molecule has 0 atom stereocenters. The number of fused-ring (bicyclic) bond motifs is 8. The lowest BCUT2D eigenvalue weighted by molar-refractivity contribution is 0.0919. The van der Waals surface area contributed by atoms with Crippen molar-refractivity contribution in [2.45, 2.75) is 47.0 Å². The molecule has 43 heavy (non-hydrogen) atoms. The Balaban J connectivity index is 1.67. The minimum Gasteiger partial charge on any atom is -0.355 e. The van der Waals surface area contributed by atoms with Crippen LogP contribution in [0.15, 0.2) is 72.8 Å². The number of hydrogen-bond acceptors (Lipinski definition) is 3. The highest BCUT2D eigenvalue weighted by molar-refractivity contribution is 6.05. The zero-order valence-corrected chi connectivity index (χ0v) is 25.4. The number of benzene rings is 2. The maximum Gasteiger partial charge on any atom is 0.192 e. The average Bonchev–Trinajstić information content (AvgIpc) is 3.75. The molecule has 0 saturated carbocycles. The average molecular weight is 563 g/mol. The fourth-order valence-electron chi connectivity index (χ4n) is 6.42. The third-order valence-electron chi connectivity index (χ3n) is 8.64. The molecular weight excluding hydrogens is 528 g/mol. The SMILES string of the molecule is Cc1ccc(-c2c3nc(c(-c4c(C)cc(C)cc4C)c4ccc(cc5nc(cc6ccc2[nH]6)C(C)(C)C5=O)[nH]4)C=C3)cc1. The Hall–Kier alpha value is -5.03. The Morgan fingerprint density at radius 3 is 1.84 bits per heavy atom. The van der Waals surface area contributed by atoms with Gasteiger partial charge in [-0.3, -0.25) is 4.79 Å². The Labute approximate surface area is 251 Å². The maximum atomic E-state index is 13.5. The van der Waals surface area contributed by atoms with E-state index >= 15 is 0 Å². The molecule has 8 bridgehead atoms. The number of ketones is 1. The molecule has 0 amide bonds. The van der Waals surface area contributed by atoms with Gasteiger partial charge in [-0.2, -0.15) is 0 Å². The van der Waals surface area contributed by atoms with Gasteiger partial charge in [-0.1, -0.05) is 47.5 Å². The summed E-state index contributed by atoms with van der Waals surface area (Å²) in [5.41, 5.74) is 14.9. The summed E-state index contributed by atoms with van der Waals surface area (Å²) in [6.45, 7) is 12.4. The minimum absolute atomic E-state index is 0.00857. The van der Waals surface area contributed by atoms with Crippen molar-refractivity contribution in [2.24, 2.45) is 0 Å². The van der Waals surface area contributed by atoms with Crippen molar-refractivity contribution >= 4 is 40.0 Å². The molecule has 0 fully saturated rings. The number of hydrogen-bond donors (Lipinski definition) is 2. The quantitative estimate of drug-likeness (QED) is 0.221. The number of nitrogens with zero attached hydrogens (tertiary/aromatic N) is 2. The third-order valence-corrected chi connectivity index (χ3v) is 8.64. The molecule has 2 aromatic carbocycles. The van der Waals surface area contributed by atoms with Gasteiger partial charge in [0.1, 0.15) is 5.69 Å². The van der Waals surface area contributed by atoms with E-state index in [4.69, 9.17) is 9.97 Å². The van der Waals surface area contributed by atoms with Crippen molar-refractivity contribution in [1.82, 2.24) is 19.9 Å². The van der Waals surface area contributed by atoms with E-state index in [9.17, 15) is 4.79 Å². The summed E-state index contributed by atoms with van der Waals surface area (Å²) >= 11 is 0. The summed E-state index contributed by atoms with van der Waals surface area (Å²) < 4.78 is 0. The summed E-state index contributed by atoms with van der Waals surface area (Å²) in [5, 5.41) is 0. The number of carbonyl (C=O) groups is 1. The summed E-state index contributed by atoms with van der Waals surface area (Å²) in [4.78, 5) is 30.9. The van der Waals surface area contributed by atoms with Crippen molar-refractivity contribution in [2.75, 3.05) is 0 Å². The smallest absolute Gasteiger partial charge is 0.192 e. The third kappa shape index (κ3) is 4.52. The van der Waals surface area contributed by atoms with E-state index in [1.165, 1.54) is 22.3 Å². The van der Waals surface area contributed by atoms with Gasteiger partial charge in [0.15, 0.2) is 5.78 Å². The van der Waals surface area contributed by atoms with Crippen LogP contribution in [0.2, 0.25) is 0 Å². The van der Waals surface area contributed by atoms with Gasteiger partial charge in [0.2, 0.25) is 0 Å². The van der Waals surface area contributed by atoms with Gasteiger partial charge in [0.05, 0.1) is 22.5 Å². The zero-order chi connectivity index (χ0) is 30.0. The maximum absolute atomic E-state index is 13.5. The van der Waals surface area contributed by atoms with Gasteiger partial charge in [-0.15, -0.1) is 0 Å². The van der Waals surface area contributed by atoms with E-state index in [-0.39, 0.29) is 5.78 Å². The Morgan fingerprint density at radius 1 is 0.605 bits per heavy atom. The van der Waals surface area contributed by atoms with Crippen LogP contribution in [0.1, 0.15) is 63.7 Å². The lowest BCUT2D eigenvalue weighted by Gasteiger charge is -2.13. The second-order valence-corrected chi connectivity index (χ2v) is 12.4. The molecule has 7 rings (SSSR count). The number of nitrogens with one attached hydrogen (secondary N) is 2. The number of H-pyrrole nitrogens is 2. The van der Waals surface area contributed by atoms with Crippen LogP contribution in [-0.2, 0) is 5.41 Å². The van der Waals surface area contributed by atoms with Crippen LogP contribution in [-0.4, -0.2) is 25.7 Å². The molecule has 212 valence electrons. The molecule has 2 aliphatic heterocycles. The largest absolute Gasteiger partial charge is 0.355 e. The number of rotatable bonds is 2. The molecule has 0 unspecified atom stereocenters. The van der Waals surface area contributed by atoms with Crippen LogP contribution in [0.25, 0.3) is 56.5 Å². The topological polar surface area (TPSA) is 74.4 Å². The number of aromatic amines is 2. The predicted molar refractivity (Wildman–Crippen MR) is 177 cm³/mol. The van der Waals surface area contributed by atoms with Crippen LogP contribution in [0.5, 0.6) is 0 Å². The molecule has 3 aromatic heterocycles. The first-order valence-electron chi connectivity index (χ1n) is 14.7. The second kappa shape index (κ2) is 9.77. The number of Topliss-reactive ketones (excluding diaryl/α,β-unsaturated/α-hetero) is 1. The first kappa shape index (κ1) is 26.8. The lowest BCUT2D eigenvalue weighted by Crippen LogP contribution is -2.23. The van der Waals surface area contributed by atoms with Crippen LogP contribution >= 0.6 is 0 Å². The van der Waals surface area contributed by atoms with E-state index in [0.29, 0.717) is 5.69 Å². The highest BCUT2D eigenvalue weighted by Gasteiger charge is 2.37. The standard InChI is InChI=1S/C38H34N4O/c1-21-7-9-25(10-8-21)35-28-13-12-27(40-28)20-33-38(5,6)37(43)32(42-33)19-26-11-14-30(39-26)36(31-16-15-29(35)41-31)34-23(3)17-22(2)18-24(34)4/h7-20,39-40H,1-6H3. The molecule has 0 aliphatic carbocycles. The van der Waals surface area contributed by atoms with Gasteiger partial charge in [-0.05, 0) is 112 Å². The second-order valence-electron chi connectivity index (χ2n) is 12.4. The monoisotopic (exact) mass is 562 g/mol. The number of aryl methyl sites for hydroxylation is 4. The van der Waals surface area contributed by atoms with Gasteiger partial charge in [0, 0.05) is 33.2 Å². The molecule has 0 radical (unpaired) electrons. The molecule has 5 aromatic rings. The van der Waals surface area contributed by atoms with Crippen LogP contribution in [0.3, 0.4) is 0 Å². The normalized spacial score (nSPS) is 14.0. The number of carbonyl (C=O) groups excluding carboxylic acids is 1. The molecule has 0 spiro atoms. The first-order valence-corrected chi connectivity index (χ1v) is 14.7. The summed E-state index contributed by atoms with van der Waals surface area (Å²) in [6, 6.07) is 25.1. The van der Waals surface area contributed by atoms with Crippen molar-refractivity contribution < 1.29 is 4.79 Å². The highest BCUT2D eigenvalue weighted by Crippen LogP contribution is 2.38.